The number of carbonyl (C=O) groups is 2. The van der Waals surface area contributed by atoms with Crippen molar-refractivity contribution in [3.63, 3.8) is 0 Å². The van der Waals surface area contributed by atoms with E-state index in [1.165, 1.54) is 0 Å². The highest BCUT2D eigenvalue weighted by atomic mass is 16.3. The Kier molecular flexibility index (Phi) is 8.60. The lowest BCUT2D eigenvalue weighted by molar-refractivity contribution is -0.118. The molecule has 0 bridgehead atoms. The molecule has 0 spiro atoms. The van der Waals surface area contributed by atoms with Crippen LogP contribution in [-0.4, -0.2) is 46.3 Å². The van der Waals surface area contributed by atoms with Crippen LogP contribution in [0, 0.1) is 10.8 Å². The molecular weight excluding hydrogens is 404 g/mol. The molecule has 0 amide bonds. The number of carbonyl (C=O) groups excluding carboxylic acids is 2. The Hall–Kier alpha value is -2.24. The van der Waals surface area contributed by atoms with Crippen LogP contribution in [0.5, 0.6) is 0 Å². The van der Waals surface area contributed by atoms with Crippen LogP contribution in [-0.2, 0) is 9.59 Å². The van der Waals surface area contributed by atoms with Crippen LogP contribution in [0.4, 0.5) is 0 Å². The molecule has 2 N–H and O–H groups in total. The molecule has 2 aliphatic carbocycles. The van der Waals surface area contributed by atoms with Crippen molar-refractivity contribution >= 4 is 23.0 Å². The summed E-state index contributed by atoms with van der Waals surface area (Å²) in [6.07, 6.45) is 3.85. The zero-order valence-corrected chi connectivity index (χ0v) is 20.7. The highest BCUT2D eigenvalue weighted by Crippen LogP contribution is 2.37. The quantitative estimate of drug-likeness (QED) is 0.379. The molecule has 0 radical (unpaired) electrons. The van der Waals surface area contributed by atoms with Gasteiger partial charge in [0, 0.05) is 50.2 Å². The lowest BCUT2D eigenvalue weighted by Gasteiger charge is -2.32. The van der Waals surface area contributed by atoms with Crippen molar-refractivity contribution in [2.45, 2.75) is 92.9 Å². The lowest BCUT2D eigenvalue weighted by Crippen LogP contribution is -2.33. The van der Waals surface area contributed by atoms with Crippen molar-refractivity contribution in [3.8, 4) is 0 Å². The fourth-order valence-corrected chi connectivity index (χ4v) is 4.48. The molecule has 2 aliphatic rings. The third-order valence-electron chi connectivity index (χ3n) is 5.93. The standard InChI is InChI=1S/C26H40N2O4/c1-7-11-27-17-13-25(3,4)15-21(31)23(17)19(29)9-10-20(30)24-18(28-12-8-2)14-26(5,6)16-22(24)32/h29-30H,7-16H2,1-6H3/b23-19+,24-20+,27-17?,28-18?. The summed E-state index contributed by atoms with van der Waals surface area (Å²) >= 11 is 0. The Morgan fingerprint density at radius 3 is 1.38 bits per heavy atom. The van der Waals surface area contributed by atoms with Crippen molar-refractivity contribution in [2.75, 3.05) is 13.1 Å². The monoisotopic (exact) mass is 444 g/mol. The van der Waals surface area contributed by atoms with Gasteiger partial charge in [0.2, 0.25) is 0 Å². The fraction of sp³-hybridized carbons (Fsp3) is 0.692. The molecule has 32 heavy (non-hydrogen) atoms. The minimum absolute atomic E-state index is 0.0526. The third kappa shape index (κ3) is 6.63. The van der Waals surface area contributed by atoms with E-state index in [2.05, 4.69) is 9.98 Å². The van der Waals surface area contributed by atoms with Gasteiger partial charge in [0.25, 0.3) is 0 Å². The largest absolute Gasteiger partial charge is 0.511 e. The number of hydrogen-bond acceptors (Lipinski definition) is 6. The highest BCUT2D eigenvalue weighted by Gasteiger charge is 2.37. The van der Waals surface area contributed by atoms with E-state index in [4.69, 9.17) is 0 Å². The maximum atomic E-state index is 12.8. The van der Waals surface area contributed by atoms with Crippen molar-refractivity contribution < 1.29 is 19.8 Å². The first kappa shape index (κ1) is 26.0. The number of aliphatic hydroxyl groups excluding tert-OH is 2. The van der Waals surface area contributed by atoms with Crippen molar-refractivity contribution in [3.05, 3.63) is 22.7 Å². The van der Waals surface area contributed by atoms with Crippen LogP contribution >= 0.6 is 0 Å². The van der Waals surface area contributed by atoms with Crippen LogP contribution in [0.15, 0.2) is 32.6 Å². The SMILES string of the molecule is CCCN=C1CC(C)(C)CC(=O)/C1=C(/O)CC/C(O)=C1\C(=O)CC(C)(C)CC1=NCCC. The Bertz CT molecular complexity index is 800. The van der Waals surface area contributed by atoms with Gasteiger partial charge in [-0.05, 0) is 36.5 Å². The molecule has 0 saturated heterocycles. The van der Waals surface area contributed by atoms with Gasteiger partial charge in [0.1, 0.15) is 11.5 Å². The molecule has 0 unspecified atom stereocenters. The summed E-state index contributed by atoms with van der Waals surface area (Å²) in [6, 6.07) is 0. The molecule has 6 heteroatoms. The minimum atomic E-state index is -0.191. The van der Waals surface area contributed by atoms with Gasteiger partial charge in [-0.15, -0.1) is 0 Å². The van der Waals surface area contributed by atoms with E-state index in [1.54, 1.807) is 0 Å². The molecule has 2 rings (SSSR count). The van der Waals surface area contributed by atoms with Crippen molar-refractivity contribution in [2.24, 2.45) is 20.8 Å². The van der Waals surface area contributed by atoms with Crippen LogP contribution in [0.2, 0.25) is 0 Å². The molecule has 0 heterocycles. The molecule has 178 valence electrons. The topological polar surface area (TPSA) is 99.3 Å². The Morgan fingerprint density at radius 1 is 0.719 bits per heavy atom. The van der Waals surface area contributed by atoms with E-state index < -0.39 is 0 Å². The Morgan fingerprint density at radius 2 is 1.06 bits per heavy atom. The number of rotatable bonds is 7. The van der Waals surface area contributed by atoms with Gasteiger partial charge < -0.3 is 10.2 Å². The second-order valence-electron chi connectivity index (χ2n) is 10.7. The van der Waals surface area contributed by atoms with E-state index in [0.717, 1.165) is 12.8 Å². The molecule has 2 saturated carbocycles. The molecule has 2 fully saturated rings. The van der Waals surface area contributed by atoms with Crippen LogP contribution < -0.4 is 0 Å². The maximum absolute atomic E-state index is 12.8. The average molecular weight is 445 g/mol. The highest BCUT2D eigenvalue weighted by molar-refractivity contribution is 6.25. The van der Waals surface area contributed by atoms with E-state index in [0.29, 0.717) is 61.3 Å². The number of Topliss-reactive ketones (excluding diaryl/α,β-unsaturated/α-hetero) is 2. The summed E-state index contributed by atoms with van der Waals surface area (Å²) in [5.41, 5.74) is 1.52. The van der Waals surface area contributed by atoms with E-state index in [9.17, 15) is 19.8 Å². The van der Waals surface area contributed by atoms with Crippen LogP contribution in [0.1, 0.15) is 92.9 Å². The van der Waals surface area contributed by atoms with Crippen LogP contribution in [0.3, 0.4) is 0 Å². The first-order chi connectivity index (χ1) is 14.9. The van der Waals surface area contributed by atoms with Gasteiger partial charge >= 0.3 is 0 Å². The van der Waals surface area contributed by atoms with Gasteiger partial charge in [0.05, 0.1) is 11.1 Å². The average Bonchev–Trinajstić information content (AvgIpc) is 2.66. The summed E-state index contributed by atoms with van der Waals surface area (Å²) in [5, 5.41) is 21.6. The second kappa shape index (κ2) is 10.6. The van der Waals surface area contributed by atoms with Gasteiger partial charge in [-0.3, -0.25) is 19.6 Å². The maximum Gasteiger partial charge on any atom is 0.168 e. The smallest absolute Gasteiger partial charge is 0.168 e. The number of aliphatic imine (C=N–C) groups is 2. The lowest BCUT2D eigenvalue weighted by atomic mass is 9.72. The summed E-state index contributed by atoms with van der Waals surface area (Å²) < 4.78 is 0. The summed E-state index contributed by atoms with van der Waals surface area (Å²) in [7, 11) is 0. The predicted octanol–water partition coefficient (Wildman–Crippen LogP) is 5.87. The number of aliphatic hydroxyl groups is 2. The first-order valence-corrected chi connectivity index (χ1v) is 11.9. The van der Waals surface area contributed by atoms with E-state index in [1.807, 2.05) is 41.5 Å². The van der Waals surface area contributed by atoms with Crippen LogP contribution in [0.25, 0.3) is 0 Å². The van der Waals surface area contributed by atoms with E-state index in [-0.39, 0.29) is 46.8 Å². The van der Waals surface area contributed by atoms with Gasteiger partial charge in [-0.25, -0.2) is 0 Å². The van der Waals surface area contributed by atoms with Crippen molar-refractivity contribution in [1.82, 2.24) is 0 Å². The molecule has 0 aliphatic heterocycles. The number of hydrogen-bond donors (Lipinski definition) is 2. The second-order valence-corrected chi connectivity index (χ2v) is 10.7. The zero-order valence-electron chi connectivity index (χ0n) is 20.7. The molecule has 0 aromatic rings. The van der Waals surface area contributed by atoms with Gasteiger partial charge in [0.15, 0.2) is 11.6 Å². The molecule has 6 nitrogen and oxygen atoms in total. The van der Waals surface area contributed by atoms with E-state index >= 15 is 0 Å². The molecular formula is C26H40N2O4. The molecule has 0 aromatic heterocycles. The number of ketones is 2. The van der Waals surface area contributed by atoms with Gasteiger partial charge in [-0.2, -0.15) is 0 Å². The summed E-state index contributed by atoms with van der Waals surface area (Å²) in [4.78, 5) is 34.8. The number of nitrogens with zero attached hydrogens (tertiary/aromatic N) is 2. The first-order valence-electron chi connectivity index (χ1n) is 11.9. The number of allylic oxidation sites excluding steroid dienone is 4. The Balaban J connectivity index is 2.33. The molecule has 0 atom stereocenters. The van der Waals surface area contributed by atoms with Gasteiger partial charge in [-0.1, -0.05) is 41.5 Å². The zero-order chi connectivity index (χ0) is 24.1. The summed E-state index contributed by atoms with van der Waals surface area (Å²) in [6.45, 7) is 13.4. The fourth-order valence-electron chi connectivity index (χ4n) is 4.48. The third-order valence-corrected chi connectivity index (χ3v) is 5.93. The van der Waals surface area contributed by atoms with Crippen molar-refractivity contribution in [1.29, 1.82) is 0 Å². The summed E-state index contributed by atoms with van der Waals surface area (Å²) in [5.74, 6) is -0.325. The predicted molar refractivity (Wildman–Crippen MR) is 130 cm³/mol. The molecule has 0 aromatic carbocycles. The minimum Gasteiger partial charge on any atom is -0.511 e. The Labute approximate surface area is 192 Å². The normalized spacial score (nSPS) is 26.6.